The van der Waals surface area contributed by atoms with E-state index in [-0.39, 0.29) is 12.0 Å². The monoisotopic (exact) mass is 281 g/mol. The van der Waals surface area contributed by atoms with Gasteiger partial charge in [0.15, 0.2) is 0 Å². The average Bonchev–Trinajstić information content (AvgIpc) is 2.83. The number of carbonyl (C=O) groups is 1. The van der Waals surface area contributed by atoms with E-state index >= 15 is 0 Å². The summed E-state index contributed by atoms with van der Waals surface area (Å²) >= 11 is 5.69. The topological polar surface area (TPSA) is 38.3 Å². The molecule has 1 aromatic carbocycles. The molecule has 2 rings (SSSR count). The Morgan fingerprint density at radius 3 is 3.05 bits per heavy atom. The minimum atomic E-state index is -0.313. The third kappa shape index (κ3) is 3.95. The number of amides is 1. The highest BCUT2D eigenvalue weighted by Crippen LogP contribution is 2.22. The van der Waals surface area contributed by atoms with Crippen molar-refractivity contribution in [3.63, 3.8) is 0 Å². The van der Waals surface area contributed by atoms with Gasteiger partial charge in [0.1, 0.15) is 6.10 Å². The molecule has 1 fully saturated rings. The van der Waals surface area contributed by atoms with Crippen molar-refractivity contribution in [2.75, 3.05) is 17.8 Å². The van der Waals surface area contributed by atoms with Crippen LogP contribution in [-0.4, -0.2) is 24.5 Å². The molecule has 0 bridgehead atoms. The average molecular weight is 282 g/mol. The number of rotatable bonds is 5. The highest BCUT2D eigenvalue weighted by Gasteiger charge is 2.30. The van der Waals surface area contributed by atoms with Gasteiger partial charge in [0.05, 0.1) is 0 Å². The van der Waals surface area contributed by atoms with Crippen molar-refractivity contribution in [2.45, 2.75) is 32.3 Å². The standard InChI is InChI=1S/C15H20ClNO2/c1-11-7-9-19-14(11)15(18)17-13-6-2-4-12(10-13)5-3-8-16/h2,4,6,10-11,14H,3,5,7-9H2,1H3,(H,17,18). The van der Waals surface area contributed by atoms with Crippen molar-refractivity contribution < 1.29 is 9.53 Å². The molecule has 1 saturated heterocycles. The Morgan fingerprint density at radius 2 is 2.37 bits per heavy atom. The van der Waals surface area contributed by atoms with Crippen LogP contribution >= 0.6 is 11.6 Å². The van der Waals surface area contributed by atoms with Crippen molar-refractivity contribution in [3.05, 3.63) is 29.8 Å². The molecule has 3 nitrogen and oxygen atoms in total. The predicted octanol–water partition coefficient (Wildman–Crippen LogP) is 3.22. The van der Waals surface area contributed by atoms with Crippen molar-refractivity contribution in [3.8, 4) is 0 Å². The van der Waals surface area contributed by atoms with Gasteiger partial charge in [0, 0.05) is 18.2 Å². The van der Waals surface area contributed by atoms with Gasteiger partial charge >= 0.3 is 0 Å². The lowest BCUT2D eigenvalue weighted by Crippen LogP contribution is -2.31. The number of carbonyl (C=O) groups excluding carboxylic acids is 1. The molecule has 2 unspecified atom stereocenters. The highest BCUT2D eigenvalue weighted by molar-refractivity contribution is 6.17. The molecule has 0 spiro atoms. The van der Waals surface area contributed by atoms with Crippen LogP contribution in [-0.2, 0) is 16.0 Å². The molecule has 0 radical (unpaired) electrons. The van der Waals surface area contributed by atoms with E-state index in [2.05, 4.69) is 11.4 Å². The van der Waals surface area contributed by atoms with Crippen LogP contribution in [0.2, 0.25) is 0 Å². The number of benzene rings is 1. The summed E-state index contributed by atoms with van der Waals surface area (Å²) < 4.78 is 5.46. The molecule has 0 saturated carbocycles. The van der Waals surface area contributed by atoms with Gasteiger partial charge in [-0.15, -0.1) is 11.6 Å². The smallest absolute Gasteiger partial charge is 0.253 e. The first kappa shape index (κ1) is 14.4. The number of alkyl halides is 1. The summed E-state index contributed by atoms with van der Waals surface area (Å²) in [7, 11) is 0. The maximum absolute atomic E-state index is 12.1. The van der Waals surface area contributed by atoms with Gasteiger partial charge in [-0.25, -0.2) is 0 Å². The van der Waals surface area contributed by atoms with Crippen LogP contribution in [0.25, 0.3) is 0 Å². The van der Waals surface area contributed by atoms with Gasteiger partial charge in [0.2, 0.25) is 0 Å². The quantitative estimate of drug-likeness (QED) is 0.842. The summed E-state index contributed by atoms with van der Waals surface area (Å²) in [4.78, 5) is 12.1. The third-order valence-corrected chi connectivity index (χ3v) is 3.71. The first-order valence-electron chi connectivity index (χ1n) is 6.78. The summed E-state index contributed by atoms with van der Waals surface area (Å²) in [5, 5.41) is 2.93. The van der Waals surface area contributed by atoms with Crippen LogP contribution < -0.4 is 5.32 Å². The first-order valence-corrected chi connectivity index (χ1v) is 7.31. The van der Waals surface area contributed by atoms with E-state index in [1.807, 2.05) is 25.1 Å². The lowest BCUT2D eigenvalue weighted by molar-refractivity contribution is -0.126. The summed E-state index contributed by atoms with van der Waals surface area (Å²) in [6, 6.07) is 7.92. The lowest BCUT2D eigenvalue weighted by atomic mass is 10.0. The van der Waals surface area contributed by atoms with Crippen LogP contribution in [0.1, 0.15) is 25.3 Å². The fraction of sp³-hybridized carbons (Fsp3) is 0.533. The predicted molar refractivity (Wildman–Crippen MR) is 77.6 cm³/mol. The Hall–Kier alpha value is -1.06. The Bertz CT molecular complexity index is 436. The molecule has 1 heterocycles. The van der Waals surface area contributed by atoms with Gasteiger partial charge in [-0.05, 0) is 42.9 Å². The molecule has 4 heteroatoms. The molecule has 1 aromatic rings. The number of hydrogen-bond donors (Lipinski definition) is 1. The van der Waals surface area contributed by atoms with Crippen molar-refractivity contribution in [2.24, 2.45) is 5.92 Å². The Morgan fingerprint density at radius 1 is 1.53 bits per heavy atom. The Kier molecular flexibility index (Phi) is 5.23. The van der Waals surface area contributed by atoms with Crippen LogP contribution in [0.5, 0.6) is 0 Å². The number of anilines is 1. The Balaban J connectivity index is 1.96. The Labute approximate surface area is 119 Å². The number of hydrogen-bond acceptors (Lipinski definition) is 2. The van der Waals surface area contributed by atoms with Crippen LogP contribution in [0, 0.1) is 5.92 Å². The third-order valence-electron chi connectivity index (χ3n) is 3.44. The number of nitrogens with one attached hydrogen (secondary N) is 1. The van der Waals surface area contributed by atoms with E-state index in [1.165, 1.54) is 5.56 Å². The number of aryl methyl sites for hydroxylation is 1. The molecule has 104 valence electrons. The van der Waals surface area contributed by atoms with Gasteiger partial charge in [-0.2, -0.15) is 0 Å². The molecule has 19 heavy (non-hydrogen) atoms. The van der Waals surface area contributed by atoms with Crippen LogP contribution in [0.15, 0.2) is 24.3 Å². The summed E-state index contributed by atoms with van der Waals surface area (Å²) in [5.74, 6) is 0.906. The largest absolute Gasteiger partial charge is 0.368 e. The fourth-order valence-corrected chi connectivity index (χ4v) is 2.45. The summed E-state index contributed by atoms with van der Waals surface area (Å²) in [6.07, 6.45) is 2.52. The molecule has 1 aliphatic heterocycles. The zero-order chi connectivity index (χ0) is 13.7. The highest BCUT2D eigenvalue weighted by atomic mass is 35.5. The van der Waals surface area contributed by atoms with E-state index < -0.39 is 0 Å². The summed E-state index contributed by atoms with van der Waals surface area (Å²) in [5.41, 5.74) is 2.03. The molecule has 1 amide bonds. The second-order valence-electron chi connectivity index (χ2n) is 5.04. The SMILES string of the molecule is CC1CCOC1C(=O)Nc1cccc(CCCCl)c1. The fourth-order valence-electron chi connectivity index (χ4n) is 2.32. The molecule has 1 N–H and O–H groups in total. The minimum Gasteiger partial charge on any atom is -0.368 e. The van der Waals surface area contributed by atoms with E-state index in [4.69, 9.17) is 16.3 Å². The van der Waals surface area contributed by atoms with Crippen LogP contribution in [0.4, 0.5) is 5.69 Å². The number of halogens is 1. The lowest BCUT2D eigenvalue weighted by Gasteiger charge is -2.15. The number of ether oxygens (including phenoxy) is 1. The second kappa shape index (κ2) is 6.92. The van der Waals surface area contributed by atoms with Crippen molar-refractivity contribution >= 4 is 23.2 Å². The van der Waals surface area contributed by atoms with Crippen molar-refractivity contribution in [1.29, 1.82) is 0 Å². The van der Waals surface area contributed by atoms with Gasteiger partial charge < -0.3 is 10.1 Å². The summed E-state index contributed by atoms with van der Waals surface area (Å²) in [6.45, 7) is 2.73. The van der Waals surface area contributed by atoms with E-state index in [0.717, 1.165) is 24.9 Å². The van der Waals surface area contributed by atoms with E-state index in [1.54, 1.807) is 0 Å². The zero-order valence-electron chi connectivity index (χ0n) is 11.2. The van der Waals surface area contributed by atoms with Crippen molar-refractivity contribution in [1.82, 2.24) is 0 Å². The van der Waals surface area contributed by atoms with Gasteiger partial charge in [-0.3, -0.25) is 4.79 Å². The normalized spacial score (nSPS) is 22.4. The maximum atomic E-state index is 12.1. The first-order chi connectivity index (χ1) is 9.20. The second-order valence-corrected chi connectivity index (χ2v) is 5.42. The van der Waals surface area contributed by atoms with E-state index in [0.29, 0.717) is 18.4 Å². The zero-order valence-corrected chi connectivity index (χ0v) is 12.0. The minimum absolute atomic E-state index is 0.0421. The van der Waals surface area contributed by atoms with E-state index in [9.17, 15) is 4.79 Å². The maximum Gasteiger partial charge on any atom is 0.253 e. The van der Waals surface area contributed by atoms with Gasteiger partial charge in [-0.1, -0.05) is 19.1 Å². The molecule has 0 aromatic heterocycles. The van der Waals surface area contributed by atoms with Gasteiger partial charge in [0.25, 0.3) is 5.91 Å². The molecular weight excluding hydrogens is 262 g/mol. The molecule has 0 aliphatic carbocycles. The molecule has 1 aliphatic rings. The molecular formula is C15H20ClNO2. The van der Waals surface area contributed by atoms with Crippen LogP contribution in [0.3, 0.4) is 0 Å². The molecule has 2 atom stereocenters.